The van der Waals surface area contributed by atoms with Crippen molar-refractivity contribution in [2.24, 2.45) is 0 Å². The van der Waals surface area contributed by atoms with Gasteiger partial charge in [0.25, 0.3) is 11.5 Å². The third kappa shape index (κ3) is 3.41. The summed E-state index contributed by atoms with van der Waals surface area (Å²) in [6.45, 7) is 8.04. The molecule has 30 heavy (non-hydrogen) atoms. The zero-order valence-electron chi connectivity index (χ0n) is 17.2. The number of amides is 1. The number of benzene rings is 2. The van der Waals surface area contributed by atoms with E-state index in [0.29, 0.717) is 39.1 Å². The fourth-order valence-electron chi connectivity index (χ4n) is 3.21. The molecule has 0 fully saturated rings. The number of nitrogens with zero attached hydrogens (tertiary/aromatic N) is 2. The van der Waals surface area contributed by atoms with Crippen LogP contribution in [0.4, 0.5) is 5.69 Å². The molecule has 4 aromatic rings. The normalized spacial score (nSPS) is 11.9. The molecule has 0 aliphatic carbocycles. The average molecular weight is 406 g/mol. The Morgan fingerprint density at radius 1 is 1.17 bits per heavy atom. The first kappa shape index (κ1) is 19.6. The molecule has 0 radical (unpaired) electrons. The minimum absolute atomic E-state index is 0.221. The highest BCUT2D eigenvalue weighted by Gasteiger charge is 2.21. The van der Waals surface area contributed by atoms with Crippen LogP contribution in [0.15, 0.2) is 50.4 Å². The Labute approximate surface area is 171 Å². The lowest BCUT2D eigenvalue weighted by molar-refractivity contribution is 0.102. The summed E-state index contributed by atoms with van der Waals surface area (Å²) in [5, 5.41) is 3.17. The summed E-state index contributed by atoms with van der Waals surface area (Å²) < 4.78 is 6.89. The number of aromatic nitrogens is 3. The molecule has 0 spiro atoms. The highest BCUT2D eigenvalue weighted by molar-refractivity contribution is 6.06. The summed E-state index contributed by atoms with van der Waals surface area (Å²) in [5.74, 6) is 0.258. The zero-order valence-corrected chi connectivity index (χ0v) is 17.2. The Bertz CT molecular complexity index is 1400. The zero-order chi connectivity index (χ0) is 21.6. The number of aromatic amines is 1. The molecule has 2 heterocycles. The largest absolute Gasteiger partial charge is 0.440 e. The van der Waals surface area contributed by atoms with Crippen molar-refractivity contribution in [1.29, 1.82) is 0 Å². The van der Waals surface area contributed by atoms with Gasteiger partial charge in [0.1, 0.15) is 5.52 Å². The lowest BCUT2D eigenvalue weighted by Crippen LogP contribution is -2.34. The number of H-pyrrole nitrogens is 1. The minimum atomic E-state index is -0.501. The topological polar surface area (TPSA) is 110 Å². The molecule has 0 saturated heterocycles. The van der Waals surface area contributed by atoms with Crippen LogP contribution in [0.1, 0.15) is 43.9 Å². The van der Waals surface area contributed by atoms with E-state index in [1.54, 1.807) is 37.3 Å². The molecule has 0 aliphatic heterocycles. The van der Waals surface area contributed by atoms with Gasteiger partial charge in [0.15, 0.2) is 5.58 Å². The Morgan fingerprint density at radius 3 is 2.63 bits per heavy atom. The molecular formula is C22H22N4O4. The number of oxazole rings is 1. The summed E-state index contributed by atoms with van der Waals surface area (Å²) in [4.78, 5) is 44.3. The Hall–Kier alpha value is -3.68. The summed E-state index contributed by atoms with van der Waals surface area (Å²) in [7, 11) is 0. The van der Waals surface area contributed by atoms with E-state index >= 15 is 0 Å². The number of rotatable bonds is 3. The van der Waals surface area contributed by atoms with Gasteiger partial charge in [-0.25, -0.2) is 9.78 Å². The van der Waals surface area contributed by atoms with Crippen LogP contribution in [0.25, 0.3) is 22.0 Å². The van der Waals surface area contributed by atoms with Crippen molar-refractivity contribution in [3.63, 3.8) is 0 Å². The van der Waals surface area contributed by atoms with Crippen LogP contribution in [0.2, 0.25) is 0 Å². The third-order valence-electron chi connectivity index (χ3n) is 4.85. The lowest BCUT2D eigenvalue weighted by atomic mass is 9.97. The van der Waals surface area contributed by atoms with E-state index in [2.05, 4.69) is 15.3 Å². The van der Waals surface area contributed by atoms with Crippen LogP contribution in [0.3, 0.4) is 0 Å². The molecule has 8 heteroatoms. The van der Waals surface area contributed by atoms with Gasteiger partial charge in [-0.05, 0) is 43.3 Å². The third-order valence-corrected chi connectivity index (χ3v) is 4.85. The standard InChI is InChI=1S/C22H22N4O4/c1-5-26-19(28)14-8-6-12(10-15(14)25-21(26)29)18(27)23-13-7-9-17-16(11-13)24-20(30-17)22(2,3)4/h6-11H,5H2,1-4H3,(H,23,27)(H,25,29). The van der Waals surface area contributed by atoms with Crippen molar-refractivity contribution in [3.05, 3.63) is 68.7 Å². The van der Waals surface area contributed by atoms with Gasteiger partial charge in [-0.1, -0.05) is 20.8 Å². The number of hydrogen-bond donors (Lipinski definition) is 2. The minimum Gasteiger partial charge on any atom is -0.440 e. The summed E-state index contributed by atoms with van der Waals surface area (Å²) in [5.41, 5.74) is 1.41. The van der Waals surface area contributed by atoms with Gasteiger partial charge >= 0.3 is 5.69 Å². The van der Waals surface area contributed by atoms with Crippen molar-refractivity contribution in [3.8, 4) is 0 Å². The van der Waals surface area contributed by atoms with Crippen molar-refractivity contribution < 1.29 is 9.21 Å². The monoisotopic (exact) mass is 406 g/mol. The maximum Gasteiger partial charge on any atom is 0.328 e. The molecular weight excluding hydrogens is 384 g/mol. The van der Waals surface area contributed by atoms with Crippen LogP contribution in [-0.2, 0) is 12.0 Å². The van der Waals surface area contributed by atoms with E-state index in [-0.39, 0.29) is 23.4 Å². The average Bonchev–Trinajstić information content (AvgIpc) is 3.12. The lowest BCUT2D eigenvalue weighted by Gasteiger charge is -2.11. The van der Waals surface area contributed by atoms with Gasteiger partial charge in [0.05, 0.1) is 10.9 Å². The molecule has 2 aromatic carbocycles. The predicted molar refractivity (Wildman–Crippen MR) is 115 cm³/mol. The van der Waals surface area contributed by atoms with E-state index in [0.717, 1.165) is 4.57 Å². The first-order valence-corrected chi connectivity index (χ1v) is 9.66. The van der Waals surface area contributed by atoms with Crippen LogP contribution in [0.5, 0.6) is 0 Å². The predicted octanol–water partition coefficient (Wildman–Crippen LogP) is 3.40. The molecule has 154 valence electrons. The van der Waals surface area contributed by atoms with Crippen LogP contribution in [-0.4, -0.2) is 20.4 Å². The van der Waals surface area contributed by atoms with Crippen molar-refractivity contribution in [1.82, 2.24) is 14.5 Å². The van der Waals surface area contributed by atoms with Crippen LogP contribution < -0.4 is 16.6 Å². The molecule has 1 amide bonds. The number of fused-ring (bicyclic) bond motifs is 2. The van der Waals surface area contributed by atoms with E-state index in [1.165, 1.54) is 6.07 Å². The molecule has 4 rings (SSSR count). The van der Waals surface area contributed by atoms with Gasteiger partial charge in [-0.2, -0.15) is 0 Å². The van der Waals surface area contributed by atoms with Gasteiger partial charge < -0.3 is 14.7 Å². The van der Waals surface area contributed by atoms with E-state index < -0.39 is 5.69 Å². The molecule has 0 saturated carbocycles. The van der Waals surface area contributed by atoms with Gasteiger partial charge in [0, 0.05) is 23.2 Å². The van der Waals surface area contributed by atoms with Gasteiger partial charge in [-0.15, -0.1) is 0 Å². The van der Waals surface area contributed by atoms with Crippen molar-refractivity contribution >= 4 is 33.6 Å². The second-order valence-corrected chi connectivity index (χ2v) is 8.15. The number of anilines is 1. The maximum atomic E-state index is 12.7. The summed E-state index contributed by atoms with van der Waals surface area (Å²) in [6, 6.07) is 9.85. The number of hydrogen-bond acceptors (Lipinski definition) is 5. The van der Waals surface area contributed by atoms with Gasteiger partial charge in [0.2, 0.25) is 5.89 Å². The van der Waals surface area contributed by atoms with Gasteiger partial charge in [-0.3, -0.25) is 14.2 Å². The summed E-state index contributed by atoms with van der Waals surface area (Å²) >= 11 is 0. The first-order chi connectivity index (χ1) is 14.2. The molecule has 8 nitrogen and oxygen atoms in total. The highest BCUT2D eigenvalue weighted by Crippen LogP contribution is 2.27. The molecule has 0 bridgehead atoms. The van der Waals surface area contributed by atoms with E-state index in [9.17, 15) is 14.4 Å². The fourth-order valence-corrected chi connectivity index (χ4v) is 3.21. The second-order valence-electron chi connectivity index (χ2n) is 8.15. The quantitative estimate of drug-likeness (QED) is 0.542. The summed E-state index contributed by atoms with van der Waals surface area (Å²) in [6.07, 6.45) is 0. The number of nitrogens with one attached hydrogen (secondary N) is 2. The highest BCUT2D eigenvalue weighted by atomic mass is 16.3. The molecule has 0 aliphatic rings. The Morgan fingerprint density at radius 2 is 1.93 bits per heavy atom. The molecule has 0 unspecified atom stereocenters. The van der Waals surface area contributed by atoms with Crippen LogP contribution >= 0.6 is 0 Å². The molecule has 2 N–H and O–H groups in total. The number of carbonyl (C=O) groups excluding carboxylic acids is 1. The Balaban J connectivity index is 1.65. The maximum absolute atomic E-state index is 12.7. The van der Waals surface area contributed by atoms with E-state index in [1.807, 2.05) is 20.8 Å². The first-order valence-electron chi connectivity index (χ1n) is 9.66. The second kappa shape index (κ2) is 6.98. The fraction of sp³-hybridized carbons (Fsp3) is 0.273. The smallest absolute Gasteiger partial charge is 0.328 e. The van der Waals surface area contributed by atoms with Crippen LogP contribution in [0, 0.1) is 0 Å². The molecule has 2 aromatic heterocycles. The van der Waals surface area contributed by atoms with Crippen molar-refractivity contribution in [2.75, 3.05) is 5.32 Å². The molecule has 0 atom stereocenters. The SMILES string of the molecule is CCn1c(=O)[nH]c2cc(C(=O)Nc3ccc4oc(C(C)(C)C)nc4c3)ccc2c1=O. The number of carbonyl (C=O) groups is 1. The van der Waals surface area contributed by atoms with E-state index in [4.69, 9.17) is 4.42 Å². The Kier molecular flexibility index (Phi) is 4.57. The van der Waals surface area contributed by atoms with Crippen molar-refractivity contribution in [2.45, 2.75) is 39.7 Å².